The summed E-state index contributed by atoms with van der Waals surface area (Å²) in [7, 11) is -4.16. The first kappa shape index (κ1) is 29.6. The van der Waals surface area contributed by atoms with Crippen LogP contribution in [0, 0.1) is 17.3 Å². The first-order valence-corrected chi connectivity index (χ1v) is 15.0. The Labute approximate surface area is 226 Å². The van der Waals surface area contributed by atoms with E-state index in [4.69, 9.17) is 0 Å². The van der Waals surface area contributed by atoms with Gasteiger partial charge in [-0.3, -0.25) is 14.4 Å². The lowest BCUT2D eigenvalue weighted by atomic mass is 9.80. The molecule has 0 bridgehead atoms. The highest BCUT2D eigenvalue weighted by atomic mass is 32.2. The maximum absolute atomic E-state index is 13.4. The standard InChI is InChI=1S/C29H41N3O5S/c1-6-32(7-2)27(34)25(18-20-12-15-23(16-13-20)30-28(35)29(3,4)5)26(33)31-38(36,37)24-17-14-21-10-8-9-11-22(21)19-24/h8-11,14,17,19-20,23,25H,6-7,12-13,15-16,18H2,1-5H3,(H,30,35)(H,31,33). The molecule has 0 heterocycles. The predicted molar refractivity (Wildman–Crippen MR) is 149 cm³/mol. The molecule has 1 aliphatic carbocycles. The Morgan fingerprint density at radius 2 is 1.55 bits per heavy atom. The molecule has 2 aromatic carbocycles. The van der Waals surface area contributed by atoms with Gasteiger partial charge in [-0.15, -0.1) is 0 Å². The summed E-state index contributed by atoms with van der Waals surface area (Å²) in [5.41, 5.74) is -0.466. The molecular weight excluding hydrogens is 502 g/mol. The van der Waals surface area contributed by atoms with E-state index in [1.807, 2.05) is 58.9 Å². The third-order valence-electron chi connectivity index (χ3n) is 7.39. The molecule has 0 aromatic heterocycles. The third-order valence-corrected chi connectivity index (χ3v) is 8.73. The topological polar surface area (TPSA) is 113 Å². The zero-order valence-electron chi connectivity index (χ0n) is 23.1. The maximum Gasteiger partial charge on any atom is 0.264 e. The van der Waals surface area contributed by atoms with Crippen molar-refractivity contribution < 1.29 is 22.8 Å². The van der Waals surface area contributed by atoms with Crippen molar-refractivity contribution in [2.75, 3.05) is 13.1 Å². The van der Waals surface area contributed by atoms with Crippen molar-refractivity contribution in [2.45, 2.75) is 77.7 Å². The van der Waals surface area contributed by atoms with Crippen molar-refractivity contribution in [3.05, 3.63) is 42.5 Å². The lowest BCUT2D eigenvalue weighted by Crippen LogP contribution is -2.47. The van der Waals surface area contributed by atoms with Crippen LogP contribution in [0.15, 0.2) is 47.4 Å². The second kappa shape index (κ2) is 12.3. The Morgan fingerprint density at radius 3 is 2.13 bits per heavy atom. The lowest BCUT2D eigenvalue weighted by molar-refractivity contribution is -0.142. The monoisotopic (exact) mass is 543 g/mol. The van der Waals surface area contributed by atoms with E-state index in [9.17, 15) is 22.8 Å². The second-order valence-electron chi connectivity index (χ2n) is 11.2. The second-order valence-corrected chi connectivity index (χ2v) is 12.9. The summed E-state index contributed by atoms with van der Waals surface area (Å²) in [5.74, 6) is -2.16. The molecule has 2 aromatic rings. The van der Waals surface area contributed by atoms with Crippen LogP contribution < -0.4 is 10.0 Å². The number of hydrogen-bond acceptors (Lipinski definition) is 5. The SMILES string of the molecule is CCN(CC)C(=O)C(CC1CCC(NC(=O)C(C)(C)C)CC1)C(=O)NS(=O)(=O)c1ccc2ccccc2c1. The van der Waals surface area contributed by atoms with E-state index in [2.05, 4.69) is 10.0 Å². The van der Waals surface area contributed by atoms with Crippen LogP contribution in [0.3, 0.4) is 0 Å². The Morgan fingerprint density at radius 1 is 0.947 bits per heavy atom. The molecule has 8 nitrogen and oxygen atoms in total. The van der Waals surface area contributed by atoms with Crippen LogP contribution >= 0.6 is 0 Å². The molecule has 1 fully saturated rings. The molecule has 1 aliphatic rings. The Bertz CT molecular complexity index is 1260. The van der Waals surface area contributed by atoms with Gasteiger partial charge in [0.15, 0.2) is 0 Å². The zero-order valence-corrected chi connectivity index (χ0v) is 23.9. The molecule has 0 spiro atoms. The molecule has 2 N–H and O–H groups in total. The van der Waals surface area contributed by atoms with Gasteiger partial charge in [-0.25, -0.2) is 13.1 Å². The summed E-state index contributed by atoms with van der Waals surface area (Å²) in [6.45, 7) is 10.2. The number of carbonyl (C=O) groups is 3. The molecule has 0 radical (unpaired) electrons. The Kier molecular flexibility index (Phi) is 9.57. The number of amides is 3. The van der Waals surface area contributed by atoms with Gasteiger partial charge in [0.25, 0.3) is 10.0 Å². The number of benzene rings is 2. The maximum atomic E-state index is 13.4. The summed E-state index contributed by atoms with van der Waals surface area (Å²) >= 11 is 0. The fourth-order valence-corrected chi connectivity index (χ4v) is 6.00. The van der Waals surface area contributed by atoms with Crippen LogP contribution in [-0.2, 0) is 24.4 Å². The smallest absolute Gasteiger partial charge is 0.264 e. The minimum absolute atomic E-state index is 0.00816. The van der Waals surface area contributed by atoms with Crippen molar-refractivity contribution in [2.24, 2.45) is 17.3 Å². The molecule has 3 amide bonds. The van der Waals surface area contributed by atoms with Crippen LogP contribution in [0.4, 0.5) is 0 Å². The first-order chi connectivity index (χ1) is 17.9. The summed E-state index contributed by atoms with van der Waals surface area (Å²) in [5, 5.41) is 4.74. The van der Waals surface area contributed by atoms with Crippen LogP contribution in [-0.4, -0.2) is 50.2 Å². The van der Waals surface area contributed by atoms with E-state index in [-0.39, 0.29) is 35.1 Å². The summed E-state index contributed by atoms with van der Waals surface area (Å²) in [4.78, 5) is 40.6. The molecule has 0 saturated heterocycles. The third kappa shape index (κ3) is 7.34. The van der Waals surface area contributed by atoms with E-state index < -0.39 is 27.3 Å². The number of sulfonamides is 1. The molecule has 1 unspecified atom stereocenters. The fraction of sp³-hybridized carbons (Fsp3) is 0.552. The number of carbonyl (C=O) groups excluding carboxylic acids is 3. The number of nitrogens with zero attached hydrogens (tertiary/aromatic N) is 1. The number of hydrogen-bond donors (Lipinski definition) is 2. The molecular formula is C29H41N3O5S. The minimum atomic E-state index is -4.16. The van der Waals surface area contributed by atoms with Crippen LogP contribution in [0.5, 0.6) is 0 Å². The highest BCUT2D eigenvalue weighted by Gasteiger charge is 2.36. The van der Waals surface area contributed by atoms with Gasteiger partial charge in [0.05, 0.1) is 4.90 Å². The van der Waals surface area contributed by atoms with Crippen LogP contribution in [0.2, 0.25) is 0 Å². The Hall–Kier alpha value is -2.94. The number of nitrogens with one attached hydrogen (secondary N) is 2. The van der Waals surface area contributed by atoms with Gasteiger partial charge in [-0.05, 0) is 74.8 Å². The van der Waals surface area contributed by atoms with Gasteiger partial charge in [-0.2, -0.15) is 0 Å². The minimum Gasteiger partial charge on any atom is -0.353 e. The van der Waals surface area contributed by atoms with Gasteiger partial charge in [-0.1, -0.05) is 51.1 Å². The normalized spacial score (nSPS) is 19.0. The van der Waals surface area contributed by atoms with E-state index >= 15 is 0 Å². The van der Waals surface area contributed by atoms with E-state index in [0.29, 0.717) is 13.1 Å². The zero-order chi connectivity index (χ0) is 28.1. The van der Waals surface area contributed by atoms with E-state index in [1.54, 1.807) is 11.0 Å². The highest BCUT2D eigenvalue weighted by Crippen LogP contribution is 2.31. The van der Waals surface area contributed by atoms with E-state index in [0.717, 1.165) is 36.5 Å². The van der Waals surface area contributed by atoms with E-state index in [1.165, 1.54) is 12.1 Å². The van der Waals surface area contributed by atoms with Crippen LogP contribution in [0.1, 0.15) is 66.7 Å². The van der Waals surface area contributed by atoms with Crippen molar-refractivity contribution >= 4 is 38.5 Å². The molecule has 0 aliphatic heterocycles. The molecule has 9 heteroatoms. The molecule has 208 valence electrons. The molecule has 1 atom stereocenters. The molecule has 3 rings (SSSR count). The van der Waals surface area contributed by atoms with Crippen LogP contribution in [0.25, 0.3) is 10.8 Å². The fourth-order valence-electron chi connectivity index (χ4n) is 4.95. The number of fused-ring (bicyclic) bond motifs is 1. The molecule has 1 saturated carbocycles. The summed E-state index contributed by atoms with van der Waals surface area (Å²) < 4.78 is 28.5. The first-order valence-electron chi connectivity index (χ1n) is 13.5. The number of rotatable bonds is 9. The van der Waals surface area contributed by atoms with Gasteiger partial charge < -0.3 is 10.2 Å². The predicted octanol–water partition coefficient (Wildman–Crippen LogP) is 4.24. The van der Waals surface area contributed by atoms with Gasteiger partial charge >= 0.3 is 0 Å². The van der Waals surface area contributed by atoms with Gasteiger partial charge in [0.2, 0.25) is 17.7 Å². The lowest BCUT2D eigenvalue weighted by Gasteiger charge is -2.33. The Balaban J connectivity index is 1.74. The van der Waals surface area contributed by atoms with Crippen molar-refractivity contribution in [3.8, 4) is 0 Å². The highest BCUT2D eigenvalue weighted by molar-refractivity contribution is 7.90. The van der Waals surface area contributed by atoms with Crippen molar-refractivity contribution in [1.82, 2.24) is 14.9 Å². The van der Waals surface area contributed by atoms with Crippen molar-refractivity contribution in [3.63, 3.8) is 0 Å². The van der Waals surface area contributed by atoms with Gasteiger partial charge in [0.1, 0.15) is 5.92 Å². The largest absolute Gasteiger partial charge is 0.353 e. The average Bonchev–Trinajstić information content (AvgIpc) is 2.87. The molecule has 38 heavy (non-hydrogen) atoms. The van der Waals surface area contributed by atoms with Crippen molar-refractivity contribution in [1.29, 1.82) is 0 Å². The summed E-state index contributed by atoms with van der Waals surface area (Å²) in [6.07, 6.45) is 3.29. The summed E-state index contributed by atoms with van der Waals surface area (Å²) in [6, 6.07) is 12.1. The quantitative estimate of drug-likeness (QED) is 0.460. The van der Waals surface area contributed by atoms with Gasteiger partial charge in [0, 0.05) is 24.5 Å². The average molecular weight is 544 g/mol.